The van der Waals surface area contributed by atoms with Crippen molar-refractivity contribution in [1.29, 1.82) is 0 Å². The van der Waals surface area contributed by atoms with Crippen LogP contribution in [0.1, 0.15) is 32.1 Å². The molecule has 0 fully saturated rings. The highest BCUT2D eigenvalue weighted by Crippen LogP contribution is 2.29. The molecule has 0 saturated carbocycles. The maximum Gasteiger partial charge on any atom is 0.374 e. The lowest BCUT2D eigenvalue weighted by molar-refractivity contribution is -0.151. The molecule has 0 N–H and O–H groups in total. The number of unbranched alkanes of at least 4 members (excludes halogenated alkanes) is 3. The van der Waals surface area contributed by atoms with E-state index in [4.69, 9.17) is 0 Å². The highest BCUT2D eigenvalue weighted by atomic mass is 32.2. The van der Waals surface area contributed by atoms with Crippen LogP contribution in [0.25, 0.3) is 10.2 Å². The third kappa shape index (κ3) is 5.10. The van der Waals surface area contributed by atoms with Crippen molar-refractivity contribution in [3.05, 3.63) is 24.3 Å². The molecule has 0 saturated heterocycles. The molecule has 0 aliphatic rings. The minimum atomic E-state index is -0.730. The maximum atomic E-state index is 11.2. The topological polar surface area (TPSA) is 56.3 Å². The Morgan fingerprint density at radius 2 is 1.95 bits per heavy atom. The van der Waals surface area contributed by atoms with Gasteiger partial charge >= 0.3 is 5.97 Å². The van der Waals surface area contributed by atoms with Crippen LogP contribution in [-0.2, 0) is 14.3 Å². The Hall–Kier alpha value is -1.40. The lowest BCUT2D eigenvalue weighted by atomic mass is 10.1. The van der Waals surface area contributed by atoms with Crippen LogP contribution in [-0.4, -0.2) is 29.6 Å². The number of hydrogen-bond donors (Lipinski definition) is 0. The van der Waals surface area contributed by atoms with Crippen LogP contribution in [0.3, 0.4) is 0 Å². The second kappa shape index (κ2) is 8.90. The average molecular weight is 337 g/mol. The summed E-state index contributed by atoms with van der Waals surface area (Å²) in [5, 5.41) is 0. The number of thioether (sulfide) groups is 1. The fourth-order valence-electron chi connectivity index (χ4n) is 2.03. The number of ketones is 1. The predicted molar refractivity (Wildman–Crippen MR) is 90.5 cm³/mol. The van der Waals surface area contributed by atoms with Gasteiger partial charge in [0.2, 0.25) is 5.78 Å². The first-order chi connectivity index (χ1) is 10.7. The number of thiazole rings is 1. The number of methoxy groups -OCH3 is 1. The van der Waals surface area contributed by atoms with Gasteiger partial charge in [-0.25, -0.2) is 9.78 Å². The van der Waals surface area contributed by atoms with E-state index >= 15 is 0 Å². The smallest absolute Gasteiger partial charge is 0.374 e. The molecule has 6 heteroatoms. The quantitative estimate of drug-likeness (QED) is 0.299. The molecule has 0 aliphatic heterocycles. The predicted octanol–water partition coefficient (Wildman–Crippen LogP) is 4.08. The minimum Gasteiger partial charge on any atom is -0.463 e. The van der Waals surface area contributed by atoms with Crippen LogP contribution in [0, 0.1) is 0 Å². The van der Waals surface area contributed by atoms with Crippen molar-refractivity contribution in [2.24, 2.45) is 0 Å². The molecule has 0 unspecified atom stereocenters. The third-order valence-electron chi connectivity index (χ3n) is 3.21. The maximum absolute atomic E-state index is 11.2. The van der Waals surface area contributed by atoms with E-state index in [9.17, 15) is 9.59 Å². The van der Waals surface area contributed by atoms with Crippen molar-refractivity contribution in [3.8, 4) is 0 Å². The molecule has 0 radical (unpaired) electrons. The second-order valence-corrected chi connectivity index (χ2v) is 7.25. The Morgan fingerprint density at radius 1 is 1.18 bits per heavy atom. The van der Waals surface area contributed by atoms with E-state index in [1.165, 1.54) is 11.8 Å². The Balaban J connectivity index is 1.58. The van der Waals surface area contributed by atoms with Gasteiger partial charge in [0.1, 0.15) is 0 Å². The summed E-state index contributed by atoms with van der Waals surface area (Å²) in [6, 6.07) is 8.17. The molecule has 0 aliphatic carbocycles. The molecule has 1 aromatic carbocycles. The number of nitrogens with zero attached hydrogens (tertiary/aromatic N) is 1. The number of fused-ring (bicyclic) bond motifs is 1. The largest absolute Gasteiger partial charge is 0.463 e. The van der Waals surface area contributed by atoms with E-state index in [0.717, 1.165) is 41.3 Å². The van der Waals surface area contributed by atoms with E-state index in [1.54, 1.807) is 23.1 Å². The first-order valence-electron chi connectivity index (χ1n) is 7.30. The zero-order valence-corrected chi connectivity index (χ0v) is 14.2. The lowest BCUT2D eigenvalue weighted by Crippen LogP contribution is -2.14. The van der Waals surface area contributed by atoms with E-state index in [-0.39, 0.29) is 6.42 Å². The number of esters is 1. The van der Waals surface area contributed by atoms with Crippen molar-refractivity contribution in [2.45, 2.75) is 36.4 Å². The summed E-state index contributed by atoms with van der Waals surface area (Å²) >= 11 is 3.52. The summed E-state index contributed by atoms with van der Waals surface area (Å²) in [6.45, 7) is 0. The van der Waals surface area contributed by atoms with Crippen molar-refractivity contribution >= 4 is 45.1 Å². The first-order valence-corrected chi connectivity index (χ1v) is 9.10. The standard InChI is InChI=1S/C16H19NO3S2/c1-20-15(19)13(18)9-4-2-3-7-11-21-16-17-12-8-5-6-10-14(12)22-16/h5-6,8,10H,2-4,7,9,11H2,1H3. The lowest BCUT2D eigenvalue weighted by Gasteiger charge is -2.00. The summed E-state index contributed by atoms with van der Waals surface area (Å²) in [7, 11) is 1.24. The molecule has 0 spiro atoms. The van der Waals surface area contributed by atoms with Crippen LogP contribution < -0.4 is 0 Å². The first kappa shape index (κ1) is 17.0. The highest BCUT2D eigenvalue weighted by molar-refractivity contribution is 8.01. The highest BCUT2D eigenvalue weighted by Gasteiger charge is 2.12. The Labute approximate surface area is 138 Å². The number of carbonyl (C=O) groups excluding carboxylic acids is 2. The fourth-order valence-corrected chi connectivity index (χ4v) is 4.17. The summed E-state index contributed by atoms with van der Waals surface area (Å²) < 4.78 is 6.73. The van der Waals surface area contributed by atoms with Crippen LogP contribution in [0.15, 0.2) is 28.6 Å². The van der Waals surface area contributed by atoms with E-state index in [0.29, 0.717) is 0 Å². The molecule has 4 nitrogen and oxygen atoms in total. The van der Waals surface area contributed by atoms with Gasteiger partial charge in [0, 0.05) is 12.2 Å². The number of hydrogen-bond acceptors (Lipinski definition) is 6. The number of para-hydroxylation sites is 1. The van der Waals surface area contributed by atoms with Crippen LogP contribution in [0.2, 0.25) is 0 Å². The SMILES string of the molecule is COC(=O)C(=O)CCCCCCSc1nc2ccccc2s1. The molecule has 22 heavy (non-hydrogen) atoms. The minimum absolute atomic E-state index is 0.289. The zero-order valence-electron chi connectivity index (χ0n) is 12.5. The molecule has 118 valence electrons. The van der Waals surface area contributed by atoms with Gasteiger partial charge in [-0.15, -0.1) is 11.3 Å². The number of Topliss-reactive ketones (excluding diaryl/α,β-unsaturated/α-hetero) is 1. The van der Waals surface area contributed by atoms with E-state index in [1.807, 2.05) is 18.2 Å². The fraction of sp³-hybridized carbons (Fsp3) is 0.438. The molecule has 1 heterocycles. The van der Waals surface area contributed by atoms with Crippen molar-refractivity contribution in [3.63, 3.8) is 0 Å². The van der Waals surface area contributed by atoms with Crippen LogP contribution in [0.5, 0.6) is 0 Å². The summed E-state index contributed by atoms with van der Waals surface area (Å²) in [4.78, 5) is 26.8. The summed E-state index contributed by atoms with van der Waals surface area (Å²) in [5.74, 6) is -0.122. The van der Waals surface area contributed by atoms with E-state index in [2.05, 4.69) is 15.8 Å². The number of ether oxygens (including phenoxy) is 1. The average Bonchev–Trinajstić information content (AvgIpc) is 2.95. The number of benzene rings is 1. The van der Waals surface area contributed by atoms with Crippen LogP contribution in [0.4, 0.5) is 0 Å². The molecule has 1 aromatic heterocycles. The number of aromatic nitrogens is 1. The van der Waals surface area contributed by atoms with Crippen molar-refractivity contribution in [2.75, 3.05) is 12.9 Å². The molecule has 0 bridgehead atoms. The zero-order chi connectivity index (χ0) is 15.8. The monoisotopic (exact) mass is 337 g/mol. The van der Waals surface area contributed by atoms with E-state index < -0.39 is 11.8 Å². The summed E-state index contributed by atoms with van der Waals surface area (Å²) in [6.07, 6.45) is 4.15. The van der Waals surface area contributed by atoms with Crippen LogP contribution >= 0.6 is 23.1 Å². The summed E-state index contributed by atoms with van der Waals surface area (Å²) in [5.41, 5.74) is 1.07. The van der Waals surface area contributed by atoms with Gasteiger partial charge in [0.05, 0.1) is 17.3 Å². The third-order valence-corrected chi connectivity index (χ3v) is 5.48. The second-order valence-electron chi connectivity index (χ2n) is 4.87. The number of carbonyl (C=O) groups is 2. The van der Waals surface area contributed by atoms with Gasteiger partial charge in [0.25, 0.3) is 0 Å². The molecule has 2 aromatic rings. The normalized spacial score (nSPS) is 10.8. The van der Waals surface area contributed by atoms with Gasteiger partial charge in [-0.2, -0.15) is 0 Å². The number of rotatable bonds is 9. The van der Waals surface area contributed by atoms with Gasteiger partial charge in [-0.1, -0.05) is 36.7 Å². The van der Waals surface area contributed by atoms with Crippen molar-refractivity contribution < 1.29 is 14.3 Å². The van der Waals surface area contributed by atoms with Gasteiger partial charge in [0.15, 0.2) is 4.34 Å². The molecule has 2 rings (SSSR count). The van der Waals surface area contributed by atoms with Gasteiger partial charge in [-0.05, 0) is 25.0 Å². The molecule has 0 amide bonds. The van der Waals surface area contributed by atoms with Gasteiger partial charge < -0.3 is 4.74 Å². The molecular formula is C16H19NO3S2. The Morgan fingerprint density at radius 3 is 2.73 bits per heavy atom. The molecular weight excluding hydrogens is 318 g/mol. The Bertz CT molecular complexity index is 606. The molecule has 0 atom stereocenters. The van der Waals surface area contributed by atoms with Gasteiger partial charge in [-0.3, -0.25) is 4.79 Å². The Kier molecular flexibility index (Phi) is 6.86. The van der Waals surface area contributed by atoms with Crippen molar-refractivity contribution in [1.82, 2.24) is 4.98 Å².